The molecule has 0 bridgehead atoms. The smallest absolute Gasteiger partial charge is 0.339 e. The van der Waals surface area contributed by atoms with Crippen LogP contribution in [0.5, 0.6) is 0 Å². The molecule has 20 heavy (non-hydrogen) atoms. The van der Waals surface area contributed by atoms with Crippen molar-refractivity contribution < 1.29 is 14.8 Å². The van der Waals surface area contributed by atoms with Gasteiger partial charge >= 0.3 is 5.97 Å². The van der Waals surface area contributed by atoms with E-state index in [0.29, 0.717) is 5.92 Å². The topological polar surface area (TPSA) is 105 Å². The van der Waals surface area contributed by atoms with E-state index in [4.69, 9.17) is 5.11 Å². The first kappa shape index (κ1) is 15.9. The molecule has 1 atom stereocenters. The summed E-state index contributed by atoms with van der Waals surface area (Å²) in [4.78, 5) is 25.1. The van der Waals surface area contributed by atoms with E-state index in [1.807, 2.05) is 6.92 Å². The Morgan fingerprint density at radius 3 is 2.55 bits per heavy atom. The number of rotatable bonds is 7. The molecule has 2 N–H and O–H groups in total. The molecule has 110 valence electrons. The number of aromatic nitrogens is 1. The molecule has 1 aromatic rings. The fourth-order valence-electron chi connectivity index (χ4n) is 2.16. The Morgan fingerprint density at radius 1 is 1.50 bits per heavy atom. The Bertz CT molecular complexity index is 500. The maximum absolute atomic E-state index is 11.2. The molecule has 0 spiro atoms. The van der Waals surface area contributed by atoms with Crippen LogP contribution >= 0.6 is 0 Å². The van der Waals surface area contributed by atoms with Crippen LogP contribution in [0.1, 0.15) is 44.0 Å². The molecule has 7 nitrogen and oxygen atoms in total. The van der Waals surface area contributed by atoms with Crippen molar-refractivity contribution in [1.29, 1.82) is 0 Å². The lowest BCUT2D eigenvalue weighted by molar-refractivity contribution is -0.385. The molecule has 1 unspecified atom stereocenters. The van der Waals surface area contributed by atoms with E-state index >= 15 is 0 Å². The van der Waals surface area contributed by atoms with Crippen LogP contribution in [0.2, 0.25) is 0 Å². The maximum atomic E-state index is 11.2. The second-order valence-electron chi connectivity index (χ2n) is 4.66. The standard InChI is InChI=1S/C13H19N3O4/c1-4-9(5-2)8(3)15-12-11(13(17)18)6-10(7-14-12)16(19)20/h6-9H,4-5H2,1-3H3,(H,14,15)(H,17,18). The third kappa shape index (κ3) is 3.66. The highest BCUT2D eigenvalue weighted by atomic mass is 16.6. The molecule has 1 aromatic heterocycles. The van der Waals surface area contributed by atoms with E-state index in [9.17, 15) is 14.9 Å². The summed E-state index contributed by atoms with van der Waals surface area (Å²) in [5.41, 5.74) is -0.514. The van der Waals surface area contributed by atoms with Gasteiger partial charge in [-0.15, -0.1) is 0 Å². The molecule has 0 aliphatic rings. The van der Waals surface area contributed by atoms with E-state index < -0.39 is 10.9 Å². The van der Waals surface area contributed by atoms with Crippen molar-refractivity contribution in [2.24, 2.45) is 5.92 Å². The second-order valence-corrected chi connectivity index (χ2v) is 4.66. The predicted octanol–water partition coefficient (Wildman–Crippen LogP) is 2.92. The molecular formula is C13H19N3O4. The van der Waals surface area contributed by atoms with Crippen LogP contribution in [0.4, 0.5) is 11.5 Å². The number of nitrogens with zero attached hydrogens (tertiary/aromatic N) is 2. The number of hydrogen-bond donors (Lipinski definition) is 2. The monoisotopic (exact) mass is 281 g/mol. The first-order valence-electron chi connectivity index (χ1n) is 6.54. The van der Waals surface area contributed by atoms with Crippen molar-refractivity contribution in [1.82, 2.24) is 4.98 Å². The normalized spacial score (nSPS) is 12.2. The van der Waals surface area contributed by atoms with Crippen LogP contribution in [-0.4, -0.2) is 27.0 Å². The lowest BCUT2D eigenvalue weighted by Gasteiger charge is -2.23. The van der Waals surface area contributed by atoms with Gasteiger partial charge in [0, 0.05) is 12.1 Å². The zero-order valence-corrected chi connectivity index (χ0v) is 11.8. The Kier molecular flexibility index (Phi) is 5.42. The predicted molar refractivity (Wildman–Crippen MR) is 75.0 cm³/mol. The lowest BCUT2D eigenvalue weighted by Crippen LogP contribution is -2.26. The summed E-state index contributed by atoms with van der Waals surface area (Å²) in [6.45, 7) is 6.08. The molecule has 7 heteroatoms. The van der Waals surface area contributed by atoms with Gasteiger partial charge in [0.1, 0.15) is 17.6 Å². The van der Waals surface area contributed by atoms with Gasteiger partial charge in [-0.25, -0.2) is 9.78 Å². The summed E-state index contributed by atoms with van der Waals surface area (Å²) >= 11 is 0. The van der Waals surface area contributed by atoms with Crippen LogP contribution in [0.3, 0.4) is 0 Å². The minimum Gasteiger partial charge on any atom is -0.478 e. The van der Waals surface area contributed by atoms with Gasteiger partial charge in [0.25, 0.3) is 5.69 Å². The number of carboxylic acid groups (broad SMARTS) is 1. The van der Waals surface area contributed by atoms with Gasteiger partial charge in [0.2, 0.25) is 0 Å². The Morgan fingerprint density at radius 2 is 2.10 bits per heavy atom. The second kappa shape index (κ2) is 6.83. The number of carboxylic acids is 1. The molecule has 1 heterocycles. The summed E-state index contributed by atoms with van der Waals surface area (Å²) in [5.74, 6) is -0.684. The molecular weight excluding hydrogens is 262 g/mol. The minimum absolute atomic E-state index is 0.0389. The van der Waals surface area contributed by atoms with E-state index in [0.717, 1.165) is 25.1 Å². The molecule has 0 aliphatic carbocycles. The van der Waals surface area contributed by atoms with Crippen molar-refractivity contribution >= 4 is 17.5 Å². The van der Waals surface area contributed by atoms with Crippen molar-refractivity contribution in [3.8, 4) is 0 Å². The molecule has 0 fully saturated rings. The molecule has 0 amide bonds. The van der Waals surface area contributed by atoms with Crippen molar-refractivity contribution in [2.75, 3.05) is 5.32 Å². The minimum atomic E-state index is -1.24. The third-order valence-electron chi connectivity index (χ3n) is 3.43. The summed E-state index contributed by atoms with van der Waals surface area (Å²) in [6, 6.07) is 1.06. The number of aromatic carboxylic acids is 1. The highest BCUT2D eigenvalue weighted by Crippen LogP contribution is 2.22. The molecule has 0 saturated heterocycles. The Balaban J connectivity index is 3.06. The summed E-state index contributed by atoms with van der Waals surface area (Å²) in [5, 5.41) is 22.8. The summed E-state index contributed by atoms with van der Waals surface area (Å²) in [6.07, 6.45) is 2.98. The Hall–Kier alpha value is -2.18. The number of nitro groups is 1. The number of hydrogen-bond acceptors (Lipinski definition) is 5. The van der Waals surface area contributed by atoms with E-state index in [2.05, 4.69) is 24.1 Å². The number of anilines is 1. The molecule has 0 aliphatic heterocycles. The highest BCUT2D eigenvalue weighted by Gasteiger charge is 2.20. The maximum Gasteiger partial charge on any atom is 0.339 e. The average Bonchev–Trinajstić information content (AvgIpc) is 2.39. The van der Waals surface area contributed by atoms with Crippen LogP contribution in [0.15, 0.2) is 12.3 Å². The van der Waals surface area contributed by atoms with Crippen LogP contribution in [0.25, 0.3) is 0 Å². The van der Waals surface area contributed by atoms with Gasteiger partial charge in [-0.2, -0.15) is 0 Å². The van der Waals surface area contributed by atoms with Crippen LogP contribution in [-0.2, 0) is 0 Å². The van der Waals surface area contributed by atoms with Crippen LogP contribution < -0.4 is 5.32 Å². The van der Waals surface area contributed by atoms with Crippen molar-refractivity contribution in [3.63, 3.8) is 0 Å². The van der Waals surface area contributed by atoms with Crippen molar-refractivity contribution in [2.45, 2.75) is 39.7 Å². The lowest BCUT2D eigenvalue weighted by atomic mass is 9.95. The zero-order valence-electron chi connectivity index (χ0n) is 11.8. The molecule has 0 aromatic carbocycles. The third-order valence-corrected chi connectivity index (χ3v) is 3.43. The molecule has 0 saturated carbocycles. The number of pyridine rings is 1. The van der Waals surface area contributed by atoms with Gasteiger partial charge in [-0.05, 0) is 12.8 Å². The Labute approximate surface area is 117 Å². The van der Waals surface area contributed by atoms with Gasteiger partial charge in [0.05, 0.1) is 4.92 Å². The first-order chi connectivity index (χ1) is 9.40. The molecule has 1 rings (SSSR count). The highest BCUT2D eigenvalue weighted by molar-refractivity contribution is 5.93. The number of carbonyl (C=O) groups is 1. The van der Waals surface area contributed by atoms with Crippen LogP contribution in [0, 0.1) is 16.0 Å². The van der Waals surface area contributed by atoms with E-state index in [1.54, 1.807) is 0 Å². The first-order valence-corrected chi connectivity index (χ1v) is 6.54. The van der Waals surface area contributed by atoms with E-state index in [-0.39, 0.29) is 23.1 Å². The SMILES string of the molecule is CCC(CC)C(C)Nc1ncc([N+](=O)[O-])cc1C(=O)O. The molecule has 0 radical (unpaired) electrons. The van der Waals surface area contributed by atoms with Crippen molar-refractivity contribution in [3.05, 3.63) is 27.9 Å². The summed E-state index contributed by atoms with van der Waals surface area (Å²) < 4.78 is 0. The van der Waals surface area contributed by atoms with Gasteiger partial charge in [-0.1, -0.05) is 26.7 Å². The fourth-order valence-corrected chi connectivity index (χ4v) is 2.16. The van der Waals surface area contributed by atoms with Gasteiger partial charge in [0.15, 0.2) is 0 Å². The number of nitrogens with one attached hydrogen (secondary N) is 1. The van der Waals surface area contributed by atoms with Gasteiger partial charge in [-0.3, -0.25) is 10.1 Å². The quantitative estimate of drug-likeness (QED) is 0.588. The fraction of sp³-hybridized carbons (Fsp3) is 0.538. The van der Waals surface area contributed by atoms with Gasteiger partial charge < -0.3 is 10.4 Å². The summed E-state index contributed by atoms with van der Waals surface area (Å²) in [7, 11) is 0. The largest absolute Gasteiger partial charge is 0.478 e. The van der Waals surface area contributed by atoms with E-state index in [1.165, 1.54) is 0 Å². The average molecular weight is 281 g/mol. The zero-order chi connectivity index (χ0) is 15.3.